The quantitative estimate of drug-likeness (QED) is 0.562. The number of nitrogens with zero attached hydrogens (tertiary/aromatic N) is 3. The van der Waals surface area contributed by atoms with Gasteiger partial charge < -0.3 is 11.1 Å². The first-order valence-corrected chi connectivity index (χ1v) is 11.2. The number of hydrogen-bond acceptors (Lipinski definition) is 6. The molecule has 1 aliphatic rings. The number of aromatic nitrogens is 3. The number of thiophene rings is 1. The van der Waals surface area contributed by atoms with E-state index in [4.69, 9.17) is 17.3 Å². The van der Waals surface area contributed by atoms with Crippen LogP contribution in [0.2, 0.25) is 5.02 Å². The summed E-state index contributed by atoms with van der Waals surface area (Å²) in [7, 11) is 0. The Hall–Kier alpha value is -2.36. The normalized spacial score (nSPS) is 12.8. The maximum Gasteiger partial charge on any atom is 0.251 e. The highest BCUT2D eigenvalue weighted by molar-refractivity contribution is 7.99. The molecule has 1 aliphatic carbocycles. The largest absolute Gasteiger partial charge is 0.365 e. The molecular formula is C19H18ClN5O2S2. The van der Waals surface area contributed by atoms with Crippen molar-refractivity contribution in [3.63, 3.8) is 0 Å². The molecule has 0 radical (unpaired) electrons. The summed E-state index contributed by atoms with van der Waals surface area (Å²) in [6.07, 6.45) is 4.35. The van der Waals surface area contributed by atoms with Crippen molar-refractivity contribution in [2.75, 3.05) is 11.1 Å². The average molecular weight is 448 g/mol. The number of fused-ring (bicyclic) bond motifs is 1. The van der Waals surface area contributed by atoms with Crippen molar-refractivity contribution in [1.29, 1.82) is 0 Å². The molecule has 0 aliphatic heterocycles. The molecule has 29 heavy (non-hydrogen) atoms. The van der Waals surface area contributed by atoms with Crippen molar-refractivity contribution in [3.8, 4) is 5.69 Å². The van der Waals surface area contributed by atoms with Gasteiger partial charge in [0, 0.05) is 9.90 Å². The molecule has 10 heteroatoms. The van der Waals surface area contributed by atoms with Crippen LogP contribution in [0.25, 0.3) is 5.69 Å². The number of anilines is 1. The SMILES string of the molecule is Cc1ccc(-n2cnnc2SCC(=O)Nc2sc3c(c2C(N)=O)CCC3)cc1Cl. The Balaban J connectivity index is 1.46. The number of nitrogens with two attached hydrogens (primary N) is 1. The zero-order valence-corrected chi connectivity index (χ0v) is 18.0. The van der Waals surface area contributed by atoms with Gasteiger partial charge in [-0.25, -0.2) is 0 Å². The molecule has 1 aromatic carbocycles. The van der Waals surface area contributed by atoms with E-state index < -0.39 is 5.91 Å². The van der Waals surface area contributed by atoms with Gasteiger partial charge in [-0.15, -0.1) is 21.5 Å². The summed E-state index contributed by atoms with van der Waals surface area (Å²) in [5.41, 5.74) is 8.78. The second kappa shape index (κ2) is 8.17. The molecule has 7 nitrogen and oxygen atoms in total. The van der Waals surface area contributed by atoms with Crippen LogP contribution < -0.4 is 11.1 Å². The molecular weight excluding hydrogens is 430 g/mol. The third kappa shape index (κ3) is 4.03. The van der Waals surface area contributed by atoms with Gasteiger partial charge in [0.2, 0.25) is 5.91 Å². The Morgan fingerprint density at radius 2 is 2.21 bits per heavy atom. The van der Waals surface area contributed by atoms with Crippen LogP contribution in [0.5, 0.6) is 0 Å². The molecule has 150 valence electrons. The molecule has 0 bridgehead atoms. The monoisotopic (exact) mass is 447 g/mol. The molecule has 0 unspecified atom stereocenters. The molecule has 0 saturated carbocycles. The molecule has 0 saturated heterocycles. The maximum atomic E-state index is 12.5. The van der Waals surface area contributed by atoms with Crippen molar-refractivity contribution in [3.05, 3.63) is 51.1 Å². The van der Waals surface area contributed by atoms with Gasteiger partial charge in [-0.1, -0.05) is 29.4 Å². The smallest absolute Gasteiger partial charge is 0.251 e. The van der Waals surface area contributed by atoms with Crippen molar-refractivity contribution >= 4 is 51.5 Å². The van der Waals surface area contributed by atoms with Crippen LogP contribution in [-0.2, 0) is 17.6 Å². The summed E-state index contributed by atoms with van der Waals surface area (Å²) < 4.78 is 1.78. The molecule has 2 aromatic heterocycles. The molecule has 2 heterocycles. The van der Waals surface area contributed by atoms with Gasteiger partial charge in [-0.3, -0.25) is 14.2 Å². The summed E-state index contributed by atoms with van der Waals surface area (Å²) in [6.45, 7) is 1.93. The minimum Gasteiger partial charge on any atom is -0.365 e. The lowest BCUT2D eigenvalue weighted by Gasteiger charge is -2.08. The fourth-order valence-corrected chi connectivity index (χ4v) is 5.49. The Morgan fingerprint density at radius 1 is 1.38 bits per heavy atom. The number of rotatable bonds is 6. The molecule has 3 aromatic rings. The van der Waals surface area contributed by atoms with Crippen LogP contribution >= 0.6 is 34.7 Å². The fourth-order valence-electron chi connectivity index (χ4n) is 3.28. The average Bonchev–Trinajstić information content (AvgIpc) is 3.37. The van der Waals surface area contributed by atoms with Crippen LogP contribution in [0.4, 0.5) is 5.00 Å². The molecule has 2 amide bonds. The van der Waals surface area contributed by atoms with E-state index in [0.717, 1.165) is 41.0 Å². The van der Waals surface area contributed by atoms with Crippen molar-refractivity contribution in [1.82, 2.24) is 14.8 Å². The van der Waals surface area contributed by atoms with Gasteiger partial charge in [0.15, 0.2) is 5.16 Å². The number of thioether (sulfide) groups is 1. The first kappa shape index (κ1) is 19.9. The van der Waals surface area contributed by atoms with E-state index in [1.54, 1.807) is 10.9 Å². The summed E-state index contributed by atoms with van der Waals surface area (Å²) in [5.74, 6) is -0.601. The van der Waals surface area contributed by atoms with Gasteiger partial charge in [0.1, 0.15) is 11.3 Å². The number of primary amides is 1. The second-order valence-electron chi connectivity index (χ2n) is 6.68. The van der Waals surface area contributed by atoms with Crippen molar-refractivity contribution in [2.45, 2.75) is 31.3 Å². The Kier molecular flexibility index (Phi) is 5.62. The van der Waals surface area contributed by atoms with E-state index in [2.05, 4.69) is 15.5 Å². The van der Waals surface area contributed by atoms with Crippen LogP contribution in [0.3, 0.4) is 0 Å². The highest BCUT2D eigenvalue weighted by Crippen LogP contribution is 2.39. The lowest BCUT2D eigenvalue weighted by molar-refractivity contribution is -0.113. The Bertz CT molecular complexity index is 1110. The van der Waals surface area contributed by atoms with Crippen molar-refractivity contribution in [2.24, 2.45) is 5.73 Å². The number of benzene rings is 1. The number of hydrogen-bond donors (Lipinski definition) is 2. The molecule has 0 fully saturated rings. The topological polar surface area (TPSA) is 103 Å². The third-order valence-electron chi connectivity index (χ3n) is 4.70. The Morgan fingerprint density at radius 3 is 2.97 bits per heavy atom. The number of carbonyl (C=O) groups excluding carboxylic acids is 2. The maximum absolute atomic E-state index is 12.5. The van der Waals surface area contributed by atoms with E-state index in [1.807, 2.05) is 25.1 Å². The number of nitrogens with one attached hydrogen (secondary N) is 1. The number of aryl methyl sites for hydroxylation is 2. The van der Waals surface area contributed by atoms with Gasteiger partial charge in [-0.2, -0.15) is 0 Å². The van der Waals surface area contributed by atoms with Gasteiger partial charge >= 0.3 is 0 Å². The second-order valence-corrected chi connectivity index (χ2v) is 9.13. The fraction of sp³-hybridized carbons (Fsp3) is 0.263. The van der Waals surface area contributed by atoms with Crippen LogP contribution in [0.1, 0.15) is 32.8 Å². The molecule has 0 atom stereocenters. The predicted octanol–water partition coefficient (Wildman–Crippen LogP) is 3.61. The standard InChI is InChI=1S/C19H18ClN5O2S2/c1-10-5-6-11(7-13(10)20)25-9-22-24-19(25)28-8-15(26)23-18-16(17(21)27)12-3-2-4-14(12)29-18/h5-7,9H,2-4,8H2,1H3,(H2,21,27)(H,23,26). The number of halogens is 1. The Labute approximate surface area is 180 Å². The van der Waals surface area contributed by atoms with Crippen LogP contribution in [0, 0.1) is 6.92 Å². The summed E-state index contributed by atoms with van der Waals surface area (Å²) in [4.78, 5) is 25.5. The minimum atomic E-state index is -0.497. The van der Waals surface area contributed by atoms with E-state index in [-0.39, 0.29) is 11.7 Å². The van der Waals surface area contributed by atoms with E-state index >= 15 is 0 Å². The van der Waals surface area contributed by atoms with Crippen LogP contribution in [-0.4, -0.2) is 32.3 Å². The lowest BCUT2D eigenvalue weighted by Crippen LogP contribution is -2.19. The first-order chi connectivity index (χ1) is 13.9. The summed E-state index contributed by atoms with van der Waals surface area (Å²) in [6, 6.07) is 5.66. The van der Waals surface area contributed by atoms with Gasteiger partial charge in [-0.05, 0) is 49.4 Å². The van der Waals surface area contributed by atoms with E-state index in [0.29, 0.717) is 20.7 Å². The predicted molar refractivity (Wildman–Crippen MR) is 115 cm³/mol. The zero-order chi connectivity index (χ0) is 20.5. The molecule has 0 spiro atoms. The summed E-state index contributed by atoms with van der Waals surface area (Å²) in [5, 5.41) is 12.6. The van der Waals surface area contributed by atoms with Crippen LogP contribution in [0.15, 0.2) is 29.7 Å². The number of carbonyl (C=O) groups is 2. The lowest BCUT2D eigenvalue weighted by atomic mass is 10.1. The van der Waals surface area contributed by atoms with E-state index in [1.165, 1.54) is 23.1 Å². The summed E-state index contributed by atoms with van der Waals surface area (Å²) >= 11 is 8.91. The third-order valence-corrected chi connectivity index (χ3v) is 7.26. The molecule has 3 N–H and O–H groups in total. The highest BCUT2D eigenvalue weighted by atomic mass is 35.5. The minimum absolute atomic E-state index is 0.124. The molecule has 4 rings (SSSR count). The zero-order valence-electron chi connectivity index (χ0n) is 15.6. The highest BCUT2D eigenvalue weighted by Gasteiger charge is 2.26. The number of amides is 2. The first-order valence-electron chi connectivity index (χ1n) is 8.97. The van der Waals surface area contributed by atoms with Gasteiger partial charge in [0.25, 0.3) is 5.91 Å². The van der Waals surface area contributed by atoms with E-state index in [9.17, 15) is 9.59 Å². The van der Waals surface area contributed by atoms with Gasteiger partial charge in [0.05, 0.1) is 17.0 Å². The van der Waals surface area contributed by atoms with Crippen molar-refractivity contribution < 1.29 is 9.59 Å².